The zero-order valence-corrected chi connectivity index (χ0v) is 17.9. The molecule has 8 nitrogen and oxygen atoms in total. The van der Waals surface area contributed by atoms with Crippen molar-refractivity contribution < 1.29 is 38.0 Å². The number of carbonyl (C=O) groups is 2. The van der Waals surface area contributed by atoms with Gasteiger partial charge in [-0.15, -0.1) is 0 Å². The molecule has 0 aromatic heterocycles. The van der Waals surface area contributed by atoms with Crippen molar-refractivity contribution in [2.45, 2.75) is 39.5 Å². The summed E-state index contributed by atoms with van der Waals surface area (Å²) in [4.78, 5) is 23.5. The van der Waals surface area contributed by atoms with E-state index in [2.05, 4.69) is 0 Å². The van der Waals surface area contributed by atoms with Crippen LogP contribution in [0.3, 0.4) is 0 Å². The van der Waals surface area contributed by atoms with E-state index < -0.39 is 0 Å². The predicted molar refractivity (Wildman–Crippen MR) is 109 cm³/mol. The standard InChI is InChI=1S/C22H32O8/c1-17(2)22(24)29-9-5-3-4-6-21(23)30-18-7-8-19-20(16-18)28-15-13-26-11-10-25-12-14-27-19/h7-8,16-17H,3-6,9-15H2,1-2H3. The molecule has 1 aromatic carbocycles. The maximum Gasteiger partial charge on any atom is 0.311 e. The third-order valence-electron chi connectivity index (χ3n) is 4.23. The smallest absolute Gasteiger partial charge is 0.311 e. The Bertz CT molecular complexity index is 659. The molecule has 0 fully saturated rings. The van der Waals surface area contributed by atoms with Gasteiger partial charge in [-0.2, -0.15) is 0 Å². The summed E-state index contributed by atoms with van der Waals surface area (Å²) in [5, 5.41) is 0. The largest absolute Gasteiger partial charge is 0.487 e. The number of hydrogen-bond donors (Lipinski definition) is 0. The molecular formula is C22H32O8. The lowest BCUT2D eigenvalue weighted by Crippen LogP contribution is -2.16. The van der Waals surface area contributed by atoms with Crippen molar-refractivity contribution in [3.63, 3.8) is 0 Å². The van der Waals surface area contributed by atoms with E-state index in [1.54, 1.807) is 32.0 Å². The molecule has 30 heavy (non-hydrogen) atoms. The van der Waals surface area contributed by atoms with E-state index in [0.29, 0.717) is 69.9 Å². The first-order valence-electron chi connectivity index (χ1n) is 10.5. The summed E-state index contributed by atoms with van der Waals surface area (Å²) in [6.45, 7) is 6.64. The number of hydrogen-bond acceptors (Lipinski definition) is 8. The number of benzene rings is 1. The van der Waals surface area contributed by atoms with Crippen molar-refractivity contribution in [1.29, 1.82) is 0 Å². The van der Waals surface area contributed by atoms with Crippen LogP contribution in [0.2, 0.25) is 0 Å². The molecular weight excluding hydrogens is 392 g/mol. The lowest BCUT2D eigenvalue weighted by Gasteiger charge is -2.16. The minimum atomic E-state index is -0.320. The Morgan fingerprint density at radius 1 is 0.900 bits per heavy atom. The van der Waals surface area contributed by atoms with E-state index in [1.165, 1.54) is 0 Å². The number of ether oxygens (including phenoxy) is 6. The second-order valence-electron chi connectivity index (χ2n) is 7.14. The Hall–Kier alpha value is -2.32. The van der Waals surface area contributed by atoms with Gasteiger partial charge >= 0.3 is 11.9 Å². The number of fused-ring (bicyclic) bond motifs is 1. The van der Waals surface area contributed by atoms with E-state index in [4.69, 9.17) is 28.4 Å². The lowest BCUT2D eigenvalue weighted by atomic mass is 10.2. The van der Waals surface area contributed by atoms with Gasteiger partial charge in [-0.25, -0.2) is 0 Å². The van der Waals surface area contributed by atoms with Crippen molar-refractivity contribution >= 4 is 11.9 Å². The molecule has 0 amide bonds. The van der Waals surface area contributed by atoms with Crippen LogP contribution in [0.4, 0.5) is 0 Å². The molecule has 1 aliphatic heterocycles. The Morgan fingerprint density at radius 2 is 1.57 bits per heavy atom. The van der Waals surface area contributed by atoms with Crippen LogP contribution in [0.15, 0.2) is 18.2 Å². The van der Waals surface area contributed by atoms with Crippen LogP contribution in [0.25, 0.3) is 0 Å². The number of esters is 2. The van der Waals surface area contributed by atoms with Crippen LogP contribution < -0.4 is 14.2 Å². The molecule has 0 radical (unpaired) electrons. The van der Waals surface area contributed by atoms with Crippen LogP contribution in [0, 0.1) is 5.92 Å². The molecule has 1 aliphatic rings. The van der Waals surface area contributed by atoms with Gasteiger partial charge in [0.2, 0.25) is 0 Å². The molecule has 2 rings (SSSR count). The maximum atomic E-state index is 12.1. The first-order valence-corrected chi connectivity index (χ1v) is 10.5. The zero-order chi connectivity index (χ0) is 21.6. The molecule has 0 N–H and O–H groups in total. The van der Waals surface area contributed by atoms with Gasteiger partial charge in [0.15, 0.2) is 11.5 Å². The molecule has 168 valence electrons. The molecule has 0 bridgehead atoms. The van der Waals surface area contributed by atoms with Crippen LogP contribution >= 0.6 is 0 Å². The van der Waals surface area contributed by atoms with Crippen molar-refractivity contribution in [2.75, 3.05) is 46.2 Å². The summed E-state index contributed by atoms with van der Waals surface area (Å²) < 4.78 is 32.7. The fourth-order valence-corrected chi connectivity index (χ4v) is 2.60. The molecule has 1 aromatic rings. The minimum Gasteiger partial charge on any atom is -0.487 e. The first-order chi connectivity index (χ1) is 14.6. The van der Waals surface area contributed by atoms with Crippen molar-refractivity contribution in [1.82, 2.24) is 0 Å². The van der Waals surface area contributed by atoms with E-state index in [1.807, 2.05) is 0 Å². The van der Waals surface area contributed by atoms with Crippen LogP contribution in [-0.2, 0) is 23.8 Å². The lowest BCUT2D eigenvalue weighted by molar-refractivity contribution is -0.147. The third kappa shape index (κ3) is 9.45. The summed E-state index contributed by atoms with van der Waals surface area (Å²) in [5.41, 5.74) is 0. The van der Waals surface area contributed by atoms with Gasteiger partial charge in [0, 0.05) is 12.5 Å². The van der Waals surface area contributed by atoms with E-state index in [9.17, 15) is 9.59 Å². The van der Waals surface area contributed by atoms with Gasteiger partial charge in [0.25, 0.3) is 0 Å². The summed E-state index contributed by atoms with van der Waals surface area (Å²) >= 11 is 0. The molecule has 0 aliphatic carbocycles. The Labute approximate surface area is 177 Å². The SMILES string of the molecule is CC(C)C(=O)OCCCCCC(=O)Oc1ccc2c(c1)OCCOCCOCCO2. The van der Waals surface area contributed by atoms with Gasteiger partial charge < -0.3 is 28.4 Å². The second-order valence-corrected chi connectivity index (χ2v) is 7.14. The third-order valence-corrected chi connectivity index (χ3v) is 4.23. The minimum absolute atomic E-state index is 0.122. The highest BCUT2D eigenvalue weighted by Crippen LogP contribution is 2.32. The average Bonchev–Trinajstić information content (AvgIpc) is 2.71. The number of rotatable bonds is 8. The van der Waals surface area contributed by atoms with Gasteiger partial charge in [0.05, 0.1) is 39.0 Å². The summed E-state index contributed by atoms with van der Waals surface area (Å²) in [6, 6.07) is 5.04. The Morgan fingerprint density at radius 3 is 2.27 bits per heavy atom. The normalized spacial score (nSPS) is 15.0. The Kier molecular flexibility index (Phi) is 11.0. The molecule has 0 unspecified atom stereocenters. The monoisotopic (exact) mass is 424 g/mol. The topological polar surface area (TPSA) is 89.5 Å². The van der Waals surface area contributed by atoms with Crippen molar-refractivity contribution in [3.05, 3.63) is 18.2 Å². The van der Waals surface area contributed by atoms with Crippen molar-refractivity contribution in [3.8, 4) is 17.2 Å². The summed E-state index contributed by atoms with van der Waals surface area (Å²) in [5.74, 6) is 0.822. The average molecular weight is 424 g/mol. The van der Waals surface area contributed by atoms with Gasteiger partial charge in [0.1, 0.15) is 19.0 Å². The maximum absolute atomic E-state index is 12.1. The highest BCUT2D eigenvalue weighted by molar-refractivity contribution is 5.72. The fourth-order valence-electron chi connectivity index (χ4n) is 2.60. The summed E-state index contributed by atoms with van der Waals surface area (Å²) in [7, 11) is 0. The molecule has 0 saturated heterocycles. The van der Waals surface area contributed by atoms with Crippen molar-refractivity contribution in [2.24, 2.45) is 5.92 Å². The predicted octanol–water partition coefficient (Wildman–Crippen LogP) is 3.16. The fraction of sp³-hybridized carbons (Fsp3) is 0.636. The Balaban J connectivity index is 1.75. The van der Waals surface area contributed by atoms with Crippen LogP contribution in [-0.4, -0.2) is 58.2 Å². The quantitative estimate of drug-likeness (QED) is 0.357. The summed E-state index contributed by atoms with van der Waals surface area (Å²) in [6.07, 6.45) is 2.46. The van der Waals surface area contributed by atoms with E-state index >= 15 is 0 Å². The highest BCUT2D eigenvalue weighted by atomic mass is 16.6. The van der Waals surface area contributed by atoms with Gasteiger partial charge in [-0.3, -0.25) is 9.59 Å². The number of unbranched alkanes of at least 4 members (excludes halogenated alkanes) is 2. The molecule has 0 spiro atoms. The van der Waals surface area contributed by atoms with Crippen LogP contribution in [0.1, 0.15) is 39.5 Å². The molecule has 1 heterocycles. The molecule has 8 heteroatoms. The number of carbonyl (C=O) groups excluding carboxylic acids is 2. The van der Waals surface area contributed by atoms with Crippen LogP contribution in [0.5, 0.6) is 17.2 Å². The second kappa shape index (κ2) is 13.8. The van der Waals surface area contributed by atoms with Gasteiger partial charge in [-0.1, -0.05) is 13.8 Å². The molecule has 0 atom stereocenters. The van der Waals surface area contributed by atoms with E-state index in [0.717, 1.165) is 12.8 Å². The first kappa shape index (κ1) is 24.0. The van der Waals surface area contributed by atoms with E-state index in [-0.39, 0.29) is 24.3 Å². The zero-order valence-electron chi connectivity index (χ0n) is 17.9. The molecule has 0 saturated carbocycles. The highest BCUT2D eigenvalue weighted by Gasteiger charge is 2.12. The van der Waals surface area contributed by atoms with Gasteiger partial charge in [-0.05, 0) is 31.4 Å².